The summed E-state index contributed by atoms with van der Waals surface area (Å²) in [6.45, 7) is 6.03. The highest BCUT2D eigenvalue weighted by Crippen LogP contribution is 2.30. The third-order valence-corrected chi connectivity index (χ3v) is 6.48. The number of pyridine rings is 1. The minimum atomic E-state index is 0.0874. The normalized spacial score (nSPS) is 17.1. The van der Waals surface area contributed by atoms with Crippen molar-refractivity contribution in [3.63, 3.8) is 0 Å². The van der Waals surface area contributed by atoms with Crippen LogP contribution in [0.3, 0.4) is 0 Å². The van der Waals surface area contributed by atoms with Gasteiger partial charge in [-0.2, -0.15) is 0 Å². The molecule has 30 heavy (non-hydrogen) atoms. The van der Waals surface area contributed by atoms with Crippen molar-refractivity contribution in [3.05, 3.63) is 65.0 Å². The molecule has 0 unspecified atom stereocenters. The molecular weight excluding hydrogens is 374 g/mol. The summed E-state index contributed by atoms with van der Waals surface area (Å²) in [5.41, 5.74) is 4.20. The molecule has 4 rings (SSSR count). The van der Waals surface area contributed by atoms with Crippen LogP contribution < -0.4 is 0 Å². The molecule has 2 heterocycles. The van der Waals surface area contributed by atoms with Crippen molar-refractivity contribution in [2.24, 2.45) is 5.92 Å². The van der Waals surface area contributed by atoms with Crippen LogP contribution in [0.4, 0.5) is 0 Å². The first-order valence-corrected chi connectivity index (χ1v) is 11.1. The summed E-state index contributed by atoms with van der Waals surface area (Å²) in [6.07, 6.45) is 8.81. The van der Waals surface area contributed by atoms with Crippen molar-refractivity contribution in [3.8, 4) is 0 Å². The lowest BCUT2D eigenvalue weighted by Crippen LogP contribution is -2.37. The molecule has 0 bridgehead atoms. The second-order valence-electron chi connectivity index (χ2n) is 8.82. The zero-order valence-corrected chi connectivity index (χ0v) is 18.0. The lowest BCUT2D eigenvalue weighted by atomic mass is 9.90. The van der Waals surface area contributed by atoms with Crippen LogP contribution >= 0.6 is 0 Å². The quantitative estimate of drug-likeness (QED) is 0.730. The number of piperidine rings is 1. The third-order valence-electron chi connectivity index (χ3n) is 6.48. The van der Waals surface area contributed by atoms with Crippen molar-refractivity contribution >= 4 is 11.8 Å². The van der Waals surface area contributed by atoms with Gasteiger partial charge in [-0.15, -0.1) is 0 Å². The van der Waals surface area contributed by atoms with Crippen molar-refractivity contribution < 1.29 is 9.59 Å². The van der Waals surface area contributed by atoms with Gasteiger partial charge in [0.05, 0.1) is 5.56 Å². The number of carbonyl (C=O) groups is 2. The highest BCUT2D eigenvalue weighted by molar-refractivity contribution is 5.95. The van der Waals surface area contributed by atoms with Gasteiger partial charge in [0.2, 0.25) is 5.91 Å². The fraction of sp³-hybridized carbons (Fsp3) is 0.480. The molecule has 1 aromatic carbocycles. The zero-order chi connectivity index (χ0) is 21.1. The van der Waals surface area contributed by atoms with E-state index in [-0.39, 0.29) is 11.8 Å². The molecule has 158 valence electrons. The largest absolute Gasteiger partial charge is 0.343 e. The van der Waals surface area contributed by atoms with Crippen LogP contribution in [0.15, 0.2) is 42.7 Å². The Balaban J connectivity index is 1.37. The molecule has 1 aromatic heterocycles. The van der Waals surface area contributed by atoms with Gasteiger partial charge in [0.1, 0.15) is 0 Å². The van der Waals surface area contributed by atoms with Gasteiger partial charge in [-0.25, -0.2) is 0 Å². The number of aryl methyl sites for hydroxylation is 1. The molecule has 2 aromatic rings. The number of aromatic nitrogens is 1. The number of likely N-dealkylation sites (tertiary alicyclic amines) is 1. The minimum absolute atomic E-state index is 0.0874. The summed E-state index contributed by atoms with van der Waals surface area (Å²) in [5.74, 6) is 0.919. The van der Waals surface area contributed by atoms with Gasteiger partial charge in [-0.05, 0) is 67.7 Å². The maximum absolute atomic E-state index is 13.1. The molecule has 0 radical (unpaired) electrons. The number of carbonyl (C=O) groups excluding carboxylic acids is 2. The molecular formula is C25H31N3O2. The van der Waals surface area contributed by atoms with E-state index < -0.39 is 0 Å². The smallest absolute Gasteiger partial charge is 0.256 e. The lowest BCUT2D eigenvalue weighted by molar-refractivity contribution is -0.130. The predicted octanol–water partition coefficient (Wildman–Crippen LogP) is 4.00. The van der Waals surface area contributed by atoms with E-state index >= 15 is 0 Å². The summed E-state index contributed by atoms with van der Waals surface area (Å²) in [5, 5.41) is 0. The van der Waals surface area contributed by atoms with Gasteiger partial charge in [0.15, 0.2) is 0 Å². The van der Waals surface area contributed by atoms with Gasteiger partial charge >= 0.3 is 0 Å². The van der Waals surface area contributed by atoms with E-state index in [1.807, 2.05) is 22.8 Å². The van der Waals surface area contributed by atoms with E-state index in [4.69, 9.17) is 0 Å². The van der Waals surface area contributed by atoms with Crippen LogP contribution in [-0.4, -0.2) is 45.7 Å². The van der Waals surface area contributed by atoms with Gasteiger partial charge in [-0.1, -0.05) is 24.3 Å². The highest BCUT2D eigenvalue weighted by atomic mass is 16.2. The van der Waals surface area contributed by atoms with Crippen molar-refractivity contribution in [2.45, 2.75) is 58.5 Å². The molecule has 1 aliphatic carbocycles. The maximum atomic E-state index is 13.1. The first kappa shape index (κ1) is 20.6. The highest BCUT2D eigenvalue weighted by Gasteiger charge is 2.33. The molecule has 5 heteroatoms. The summed E-state index contributed by atoms with van der Waals surface area (Å²) in [7, 11) is 0. The van der Waals surface area contributed by atoms with Gasteiger partial charge < -0.3 is 9.80 Å². The Bertz CT molecular complexity index is 897. The van der Waals surface area contributed by atoms with E-state index in [2.05, 4.69) is 29.2 Å². The predicted molar refractivity (Wildman–Crippen MR) is 117 cm³/mol. The van der Waals surface area contributed by atoms with Crippen molar-refractivity contribution in [1.82, 2.24) is 14.8 Å². The Labute approximate surface area is 179 Å². The standard InChI is InChI=1S/C25H31N3O2/c1-18-9-12-26-16-24(18)25(30)28(23-7-8-23)17-22-5-3-20(4-6-22)15-21-10-13-27(14-11-21)19(2)29/h3-6,9,12,16,21,23H,7-8,10-11,13-15,17H2,1-2H3. The number of nitrogens with zero attached hydrogens (tertiary/aromatic N) is 3. The van der Waals surface area contributed by atoms with Crippen LogP contribution in [0.5, 0.6) is 0 Å². The first-order valence-electron chi connectivity index (χ1n) is 11.1. The average Bonchev–Trinajstić information content (AvgIpc) is 3.59. The second-order valence-corrected chi connectivity index (χ2v) is 8.82. The number of hydrogen-bond acceptors (Lipinski definition) is 3. The maximum Gasteiger partial charge on any atom is 0.256 e. The van der Waals surface area contributed by atoms with Gasteiger partial charge in [0.25, 0.3) is 5.91 Å². The summed E-state index contributed by atoms with van der Waals surface area (Å²) in [4.78, 5) is 32.7. The molecule has 1 aliphatic heterocycles. The Morgan fingerprint density at radius 3 is 2.30 bits per heavy atom. The fourth-order valence-electron chi connectivity index (χ4n) is 4.36. The first-order chi connectivity index (χ1) is 14.5. The van der Waals surface area contributed by atoms with Crippen LogP contribution in [-0.2, 0) is 17.8 Å². The molecule has 1 saturated heterocycles. The van der Waals surface area contributed by atoms with E-state index in [0.29, 0.717) is 24.1 Å². The number of rotatable bonds is 6. The van der Waals surface area contributed by atoms with Crippen LogP contribution in [0.1, 0.15) is 59.7 Å². The molecule has 0 N–H and O–H groups in total. The Hall–Kier alpha value is -2.69. The lowest BCUT2D eigenvalue weighted by Gasteiger charge is -2.31. The van der Waals surface area contributed by atoms with Crippen molar-refractivity contribution in [2.75, 3.05) is 13.1 Å². The van der Waals surface area contributed by atoms with Gasteiger partial charge in [0, 0.05) is 45.0 Å². The molecule has 0 atom stereocenters. The fourth-order valence-corrected chi connectivity index (χ4v) is 4.36. The Morgan fingerprint density at radius 2 is 1.70 bits per heavy atom. The monoisotopic (exact) mass is 405 g/mol. The molecule has 2 fully saturated rings. The van der Waals surface area contributed by atoms with Crippen LogP contribution in [0, 0.1) is 12.8 Å². The SMILES string of the molecule is CC(=O)N1CCC(Cc2ccc(CN(C(=O)c3cnccc3C)C3CC3)cc2)CC1. The van der Waals surface area contributed by atoms with Crippen LogP contribution in [0.2, 0.25) is 0 Å². The third kappa shape index (κ3) is 4.89. The molecule has 1 saturated carbocycles. The van der Waals surface area contributed by atoms with E-state index in [9.17, 15) is 9.59 Å². The van der Waals surface area contributed by atoms with Crippen molar-refractivity contribution in [1.29, 1.82) is 0 Å². The Kier molecular flexibility index (Phi) is 6.16. The minimum Gasteiger partial charge on any atom is -0.343 e. The van der Waals surface area contributed by atoms with E-state index in [1.165, 1.54) is 11.1 Å². The molecule has 0 spiro atoms. The second kappa shape index (κ2) is 8.99. The topological polar surface area (TPSA) is 53.5 Å². The number of amides is 2. The number of hydrogen-bond donors (Lipinski definition) is 0. The molecule has 2 aliphatic rings. The molecule has 5 nitrogen and oxygen atoms in total. The summed E-state index contributed by atoms with van der Waals surface area (Å²) < 4.78 is 0. The summed E-state index contributed by atoms with van der Waals surface area (Å²) in [6, 6.07) is 11.0. The van der Waals surface area contributed by atoms with E-state index in [0.717, 1.165) is 50.8 Å². The van der Waals surface area contributed by atoms with E-state index in [1.54, 1.807) is 19.3 Å². The zero-order valence-electron chi connectivity index (χ0n) is 18.0. The summed E-state index contributed by atoms with van der Waals surface area (Å²) >= 11 is 0. The average molecular weight is 406 g/mol. The Morgan fingerprint density at radius 1 is 1.03 bits per heavy atom. The van der Waals surface area contributed by atoms with Crippen LogP contribution in [0.25, 0.3) is 0 Å². The number of benzene rings is 1. The molecule has 2 amide bonds. The van der Waals surface area contributed by atoms with Gasteiger partial charge in [-0.3, -0.25) is 14.6 Å².